The van der Waals surface area contributed by atoms with Gasteiger partial charge in [-0.2, -0.15) is 0 Å². The van der Waals surface area contributed by atoms with E-state index in [4.69, 9.17) is 4.74 Å². The molecule has 32 heavy (non-hydrogen) atoms. The number of hydrogen-bond acceptors (Lipinski definition) is 7. The molecule has 2 fully saturated rings. The van der Waals surface area contributed by atoms with Crippen LogP contribution in [0.25, 0.3) is 0 Å². The predicted molar refractivity (Wildman–Crippen MR) is 124 cm³/mol. The van der Waals surface area contributed by atoms with E-state index >= 15 is 0 Å². The summed E-state index contributed by atoms with van der Waals surface area (Å²) in [5.41, 5.74) is 2.17. The van der Waals surface area contributed by atoms with E-state index in [9.17, 15) is 15.2 Å². The number of anilines is 1. The molecule has 0 spiro atoms. The maximum absolute atomic E-state index is 11.2. The SMILES string of the molecule is O=[N+]([O-])c1ccc(N2CCCC2)c(OCC(O)CN2CCNC(Cc3ccccc3)C2)c1. The lowest BCUT2D eigenvalue weighted by molar-refractivity contribution is -0.384. The van der Waals surface area contributed by atoms with Crippen molar-refractivity contribution in [2.45, 2.75) is 31.4 Å². The first kappa shape index (κ1) is 22.5. The van der Waals surface area contributed by atoms with Crippen molar-refractivity contribution in [2.75, 3.05) is 50.8 Å². The Morgan fingerprint density at radius 2 is 1.94 bits per heavy atom. The minimum absolute atomic E-state index is 0.00305. The summed E-state index contributed by atoms with van der Waals surface area (Å²) in [6, 6.07) is 15.5. The van der Waals surface area contributed by atoms with Gasteiger partial charge >= 0.3 is 0 Å². The summed E-state index contributed by atoms with van der Waals surface area (Å²) in [5, 5.41) is 25.4. The standard InChI is InChI=1S/C24H32N4O4/c29-22(17-26-13-10-25-20(16-26)14-19-6-2-1-3-7-19)18-32-24-15-21(28(30)31)8-9-23(24)27-11-4-5-12-27/h1-3,6-9,15,20,22,25,29H,4-5,10-14,16-18H2. The molecule has 0 aromatic heterocycles. The van der Waals surface area contributed by atoms with Gasteiger partial charge in [0, 0.05) is 51.4 Å². The van der Waals surface area contributed by atoms with Crippen molar-refractivity contribution in [3.05, 3.63) is 64.2 Å². The van der Waals surface area contributed by atoms with Gasteiger partial charge in [-0.05, 0) is 30.9 Å². The molecule has 0 saturated carbocycles. The van der Waals surface area contributed by atoms with Crippen LogP contribution in [-0.2, 0) is 6.42 Å². The Morgan fingerprint density at radius 1 is 1.16 bits per heavy atom. The third-order valence-electron chi connectivity index (χ3n) is 6.17. The van der Waals surface area contributed by atoms with Crippen LogP contribution in [0.4, 0.5) is 11.4 Å². The van der Waals surface area contributed by atoms with E-state index in [0.717, 1.165) is 57.7 Å². The fourth-order valence-electron chi connectivity index (χ4n) is 4.58. The average Bonchev–Trinajstić information content (AvgIpc) is 3.33. The lowest BCUT2D eigenvalue weighted by atomic mass is 10.0. The predicted octanol–water partition coefficient (Wildman–Crippen LogP) is 2.45. The van der Waals surface area contributed by atoms with Gasteiger partial charge in [0.25, 0.3) is 5.69 Å². The Morgan fingerprint density at radius 3 is 2.69 bits per heavy atom. The highest BCUT2D eigenvalue weighted by Crippen LogP contribution is 2.34. The Labute approximate surface area is 188 Å². The number of rotatable bonds is 9. The molecule has 8 heteroatoms. The summed E-state index contributed by atoms with van der Waals surface area (Å²) in [6.45, 7) is 5.08. The van der Waals surface area contributed by atoms with E-state index in [2.05, 4.69) is 39.4 Å². The number of piperazine rings is 1. The lowest BCUT2D eigenvalue weighted by Gasteiger charge is -2.35. The van der Waals surface area contributed by atoms with Gasteiger partial charge in [0.1, 0.15) is 18.5 Å². The molecule has 2 aromatic rings. The number of aliphatic hydroxyl groups excluding tert-OH is 1. The lowest BCUT2D eigenvalue weighted by Crippen LogP contribution is -2.53. The molecule has 4 rings (SSSR count). The van der Waals surface area contributed by atoms with Crippen LogP contribution >= 0.6 is 0 Å². The minimum atomic E-state index is -0.670. The third kappa shape index (κ3) is 5.97. The van der Waals surface area contributed by atoms with E-state index < -0.39 is 11.0 Å². The summed E-state index contributed by atoms with van der Waals surface area (Å²) >= 11 is 0. The van der Waals surface area contributed by atoms with Gasteiger partial charge in [-0.3, -0.25) is 15.0 Å². The molecule has 0 bridgehead atoms. The monoisotopic (exact) mass is 440 g/mol. The fourth-order valence-corrected chi connectivity index (χ4v) is 4.58. The number of β-amino-alcohol motifs (C(OH)–C–C–N with tert-alkyl or cyclic N) is 1. The molecule has 2 aliphatic rings. The number of ether oxygens (including phenoxy) is 1. The van der Waals surface area contributed by atoms with Gasteiger partial charge in [-0.1, -0.05) is 30.3 Å². The first-order chi connectivity index (χ1) is 15.6. The summed E-state index contributed by atoms with van der Waals surface area (Å²) < 4.78 is 5.93. The highest BCUT2D eigenvalue weighted by Gasteiger charge is 2.23. The molecule has 0 amide bonds. The molecule has 2 unspecified atom stereocenters. The second-order valence-electron chi connectivity index (χ2n) is 8.67. The molecule has 2 atom stereocenters. The molecular weight excluding hydrogens is 408 g/mol. The summed E-state index contributed by atoms with van der Waals surface area (Å²) in [6.07, 6.45) is 2.49. The Balaban J connectivity index is 1.32. The Hall–Kier alpha value is -2.68. The minimum Gasteiger partial charge on any atom is -0.488 e. The van der Waals surface area contributed by atoms with Crippen molar-refractivity contribution in [1.29, 1.82) is 0 Å². The summed E-state index contributed by atoms with van der Waals surface area (Å²) in [7, 11) is 0. The normalized spacial score (nSPS) is 20.3. The van der Waals surface area contributed by atoms with Crippen molar-refractivity contribution >= 4 is 11.4 Å². The van der Waals surface area contributed by atoms with Crippen LogP contribution < -0.4 is 15.0 Å². The van der Waals surface area contributed by atoms with Crippen LogP contribution in [-0.4, -0.2) is 73.0 Å². The zero-order chi connectivity index (χ0) is 22.3. The quantitative estimate of drug-likeness (QED) is 0.457. The molecule has 172 valence electrons. The largest absolute Gasteiger partial charge is 0.488 e. The van der Waals surface area contributed by atoms with E-state index in [1.54, 1.807) is 6.07 Å². The zero-order valence-corrected chi connectivity index (χ0v) is 18.4. The van der Waals surface area contributed by atoms with E-state index in [0.29, 0.717) is 18.3 Å². The van der Waals surface area contributed by atoms with Crippen molar-refractivity contribution in [2.24, 2.45) is 0 Å². The number of aliphatic hydroxyl groups is 1. The highest BCUT2D eigenvalue weighted by atomic mass is 16.6. The van der Waals surface area contributed by atoms with E-state index in [-0.39, 0.29) is 12.3 Å². The maximum Gasteiger partial charge on any atom is 0.273 e. The first-order valence-corrected chi connectivity index (χ1v) is 11.4. The molecule has 0 aliphatic carbocycles. The Bertz CT molecular complexity index is 889. The molecule has 2 saturated heterocycles. The topological polar surface area (TPSA) is 91.1 Å². The van der Waals surface area contributed by atoms with Gasteiger partial charge in [0.2, 0.25) is 0 Å². The van der Waals surface area contributed by atoms with Crippen LogP contribution in [0.5, 0.6) is 5.75 Å². The van der Waals surface area contributed by atoms with Crippen LogP contribution in [0.3, 0.4) is 0 Å². The molecular formula is C24H32N4O4. The second kappa shape index (κ2) is 10.8. The van der Waals surface area contributed by atoms with Crippen molar-refractivity contribution < 1.29 is 14.8 Å². The molecule has 2 heterocycles. The van der Waals surface area contributed by atoms with Gasteiger partial charge in [-0.15, -0.1) is 0 Å². The third-order valence-corrected chi connectivity index (χ3v) is 6.17. The number of nitro benzene ring substituents is 1. The second-order valence-corrected chi connectivity index (χ2v) is 8.67. The van der Waals surface area contributed by atoms with Crippen molar-refractivity contribution in [1.82, 2.24) is 10.2 Å². The molecule has 2 N–H and O–H groups in total. The van der Waals surface area contributed by atoms with Crippen LogP contribution in [0, 0.1) is 10.1 Å². The number of hydrogen-bond donors (Lipinski definition) is 2. The van der Waals surface area contributed by atoms with E-state index in [1.165, 1.54) is 17.7 Å². The van der Waals surface area contributed by atoms with Crippen LogP contribution in [0.15, 0.2) is 48.5 Å². The highest BCUT2D eigenvalue weighted by molar-refractivity contribution is 5.62. The summed E-state index contributed by atoms with van der Waals surface area (Å²) in [5.74, 6) is 0.474. The van der Waals surface area contributed by atoms with Gasteiger partial charge in [-0.25, -0.2) is 0 Å². The number of benzene rings is 2. The van der Waals surface area contributed by atoms with Crippen LogP contribution in [0.1, 0.15) is 18.4 Å². The van der Waals surface area contributed by atoms with Gasteiger partial charge < -0.3 is 20.1 Å². The molecule has 8 nitrogen and oxygen atoms in total. The van der Waals surface area contributed by atoms with E-state index in [1.807, 2.05) is 6.07 Å². The number of nitro groups is 1. The van der Waals surface area contributed by atoms with Crippen LogP contribution in [0.2, 0.25) is 0 Å². The average molecular weight is 441 g/mol. The number of nitrogens with one attached hydrogen (secondary N) is 1. The smallest absolute Gasteiger partial charge is 0.273 e. The first-order valence-electron chi connectivity index (χ1n) is 11.4. The zero-order valence-electron chi connectivity index (χ0n) is 18.4. The summed E-state index contributed by atoms with van der Waals surface area (Å²) in [4.78, 5) is 15.3. The molecule has 0 radical (unpaired) electrons. The Kier molecular flexibility index (Phi) is 7.57. The number of nitrogens with zero attached hydrogens (tertiary/aromatic N) is 3. The maximum atomic E-state index is 11.2. The fraction of sp³-hybridized carbons (Fsp3) is 0.500. The van der Waals surface area contributed by atoms with Crippen molar-refractivity contribution in [3.8, 4) is 5.75 Å². The van der Waals surface area contributed by atoms with Crippen molar-refractivity contribution in [3.63, 3.8) is 0 Å². The molecule has 2 aromatic carbocycles. The number of non-ortho nitro benzene ring substituents is 1. The van der Waals surface area contributed by atoms with Gasteiger partial charge in [0.05, 0.1) is 16.7 Å². The molecule has 2 aliphatic heterocycles. The van der Waals surface area contributed by atoms with Gasteiger partial charge in [0.15, 0.2) is 0 Å².